The fourth-order valence-electron chi connectivity index (χ4n) is 2.75. The van der Waals surface area contributed by atoms with Crippen LogP contribution in [0, 0.1) is 0 Å². The van der Waals surface area contributed by atoms with E-state index in [1.165, 1.54) is 0 Å². The minimum absolute atomic E-state index is 0.0219. The molecule has 0 radical (unpaired) electrons. The second-order valence-electron chi connectivity index (χ2n) is 6.67. The molecule has 3 rings (SSSR count). The zero-order chi connectivity index (χ0) is 20.1. The summed E-state index contributed by atoms with van der Waals surface area (Å²) in [4.78, 5) is 33.7. The Kier molecular flexibility index (Phi) is 5.99. The summed E-state index contributed by atoms with van der Waals surface area (Å²) in [6, 6.07) is 12.7. The first kappa shape index (κ1) is 19.5. The van der Waals surface area contributed by atoms with Crippen molar-refractivity contribution in [3.8, 4) is 11.3 Å². The predicted molar refractivity (Wildman–Crippen MR) is 108 cm³/mol. The summed E-state index contributed by atoms with van der Waals surface area (Å²) < 4.78 is 5.45. The lowest BCUT2D eigenvalue weighted by atomic mass is 10.0. The molecular weight excluding hydrogens is 354 g/mol. The maximum Gasteiger partial charge on any atom is 0.339 e. The zero-order valence-electron chi connectivity index (χ0n) is 16.2. The highest BCUT2D eigenvalue weighted by atomic mass is 16.5. The summed E-state index contributed by atoms with van der Waals surface area (Å²) in [5, 5.41) is 3.51. The van der Waals surface area contributed by atoms with Crippen LogP contribution >= 0.6 is 0 Å². The van der Waals surface area contributed by atoms with Crippen molar-refractivity contribution in [3.63, 3.8) is 0 Å². The van der Waals surface area contributed by atoms with E-state index in [4.69, 9.17) is 4.74 Å². The second-order valence-corrected chi connectivity index (χ2v) is 6.67. The molecule has 1 N–H and O–H groups in total. The quantitative estimate of drug-likeness (QED) is 0.662. The Morgan fingerprint density at radius 1 is 1.11 bits per heavy atom. The first-order chi connectivity index (χ1) is 13.5. The van der Waals surface area contributed by atoms with Gasteiger partial charge in [-0.1, -0.05) is 25.1 Å². The van der Waals surface area contributed by atoms with Crippen LogP contribution in [0.1, 0.15) is 37.6 Å². The van der Waals surface area contributed by atoms with E-state index in [1.54, 1.807) is 25.4 Å². The molecule has 2 atom stereocenters. The van der Waals surface area contributed by atoms with Crippen molar-refractivity contribution in [2.45, 2.75) is 39.3 Å². The van der Waals surface area contributed by atoms with E-state index in [-0.39, 0.29) is 11.9 Å². The number of hydrogen-bond acceptors (Lipinski definition) is 5. The Bertz CT molecular complexity index is 989. The van der Waals surface area contributed by atoms with Gasteiger partial charge in [-0.3, -0.25) is 9.78 Å². The van der Waals surface area contributed by atoms with Crippen LogP contribution in [0.2, 0.25) is 0 Å². The molecule has 0 bridgehead atoms. The fourth-order valence-corrected chi connectivity index (χ4v) is 2.75. The maximum absolute atomic E-state index is 12.9. The maximum atomic E-state index is 12.9. The van der Waals surface area contributed by atoms with Gasteiger partial charge in [-0.25, -0.2) is 9.78 Å². The monoisotopic (exact) mass is 377 g/mol. The van der Waals surface area contributed by atoms with Gasteiger partial charge < -0.3 is 10.1 Å². The van der Waals surface area contributed by atoms with Crippen LogP contribution in [-0.2, 0) is 9.53 Å². The van der Waals surface area contributed by atoms with Crippen LogP contribution < -0.4 is 5.32 Å². The third-order valence-corrected chi connectivity index (χ3v) is 4.57. The minimum atomic E-state index is -0.891. The zero-order valence-corrected chi connectivity index (χ0v) is 16.2. The lowest BCUT2D eigenvalue weighted by Gasteiger charge is -2.17. The molecule has 6 nitrogen and oxygen atoms in total. The molecule has 0 fully saturated rings. The number of aromatic nitrogens is 2. The third-order valence-electron chi connectivity index (χ3n) is 4.57. The van der Waals surface area contributed by atoms with Gasteiger partial charge in [0, 0.05) is 29.4 Å². The van der Waals surface area contributed by atoms with Crippen LogP contribution in [-0.4, -0.2) is 34.0 Å². The number of para-hydroxylation sites is 1. The molecule has 2 heterocycles. The summed E-state index contributed by atoms with van der Waals surface area (Å²) in [5.74, 6) is -0.865. The number of carbonyl (C=O) groups is 2. The average Bonchev–Trinajstić information content (AvgIpc) is 2.73. The highest BCUT2D eigenvalue weighted by Gasteiger charge is 2.22. The van der Waals surface area contributed by atoms with Gasteiger partial charge in [0.1, 0.15) is 0 Å². The van der Waals surface area contributed by atoms with Crippen LogP contribution in [0.15, 0.2) is 54.9 Å². The van der Waals surface area contributed by atoms with Gasteiger partial charge >= 0.3 is 5.97 Å². The number of pyridine rings is 2. The molecule has 1 aromatic carbocycles. The second kappa shape index (κ2) is 8.61. The average molecular weight is 377 g/mol. The minimum Gasteiger partial charge on any atom is -0.449 e. The van der Waals surface area contributed by atoms with Crippen LogP contribution in [0.4, 0.5) is 0 Å². The number of benzene rings is 1. The number of fused-ring (bicyclic) bond motifs is 1. The van der Waals surface area contributed by atoms with Gasteiger partial charge in [-0.15, -0.1) is 0 Å². The van der Waals surface area contributed by atoms with Gasteiger partial charge in [0.2, 0.25) is 0 Å². The molecule has 0 aliphatic rings. The molecule has 0 saturated carbocycles. The van der Waals surface area contributed by atoms with E-state index in [2.05, 4.69) is 15.3 Å². The van der Waals surface area contributed by atoms with E-state index in [9.17, 15) is 9.59 Å². The molecule has 3 aromatic rings. The van der Waals surface area contributed by atoms with E-state index < -0.39 is 12.1 Å². The molecule has 0 saturated heterocycles. The number of nitrogens with one attached hydrogen (secondary N) is 1. The number of esters is 1. The Morgan fingerprint density at radius 3 is 2.54 bits per heavy atom. The molecule has 2 aromatic heterocycles. The lowest BCUT2D eigenvalue weighted by molar-refractivity contribution is -0.129. The standard InChI is InChI=1S/C22H23N3O3/c1-4-14(2)24-21(26)15(3)28-22(27)18-13-20(16-9-11-23-12-10-16)25-19-8-6-5-7-17(18)19/h5-15H,4H2,1-3H3,(H,24,26). The lowest BCUT2D eigenvalue weighted by Crippen LogP contribution is -2.40. The molecule has 0 spiro atoms. The highest BCUT2D eigenvalue weighted by molar-refractivity contribution is 6.05. The van der Waals surface area contributed by atoms with Crippen molar-refractivity contribution in [1.82, 2.24) is 15.3 Å². The number of nitrogens with zero attached hydrogens (tertiary/aromatic N) is 2. The van der Waals surface area contributed by atoms with Crippen LogP contribution in [0.25, 0.3) is 22.2 Å². The Labute approximate surface area is 164 Å². The number of carbonyl (C=O) groups excluding carboxylic acids is 2. The van der Waals surface area contributed by atoms with E-state index in [1.807, 2.05) is 50.2 Å². The van der Waals surface area contributed by atoms with Gasteiger partial charge in [0.05, 0.1) is 16.8 Å². The largest absolute Gasteiger partial charge is 0.449 e. The number of ether oxygens (including phenoxy) is 1. The predicted octanol–water partition coefficient (Wildman–Crippen LogP) is 3.76. The van der Waals surface area contributed by atoms with Gasteiger partial charge in [0.15, 0.2) is 6.10 Å². The van der Waals surface area contributed by atoms with Gasteiger partial charge in [-0.05, 0) is 44.5 Å². The molecule has 0 aliphatic heterocycles. The van der Waals surface area contributed by atoms with E-state index in [0.717, 1.165) is 12.0 Å². The van der Waals surface area contributed by atoms with Crippen molar-refractivity contribution in [2.24, 2.45) is 0 Å². The Balaban J connectivity index is 1.93. The highest BCUT2D eigenvalue weighted by Crippen LogP contribution is 2.25. The topological polar surface area (TPSA) is 81.2 Å². The number of rotatable bonds is 6. The summed E-state index contributed by atoms with van der Waals surface area (Å²) in [7, 11) is 0. The Hall–Kier alpha value is -3.28. The summed E-state index contributed by atoms with van der Waals surface area (Å²) >= 11 is 0. The van der Waals surface area contributed by atoms with Gasteiger partial charge in [0.25, 0.3) is 5.91 Å². The number of amides is 1. The Morgan fingerprint density at radius 2 is 1.82 bits per heavy atom. The van der Waals surface area contributed by atoms with Crippen LogP contribution in [0.5, 0.6) is 0 Å². The molecule has 0 aliphatic carbocycles. The van der Waals surface area contributed by atoms with Crippen molar-refractivity contribution in [2.75, 3.05) is 0 Å². The molecule has 144 valence electrons. The number of hydrogen-bond donors (Lipinski definition) is 1. The van der Waals surface area contributed by atoms with Crippen molar-refractivity contribution < 1.29 is 14.3 Å². The molecule has 6 heteroatoms. The first-order valence-electron chi connectivity index (χ1n) is 9.31. The third kappa shape index (κ3) is 4.34. The summed E-state index contributed by atoms with van der Waals surface area (Å²) in [6.45, 7) is 5.46. The van der Waals surface area contributed by atoms with Crippen molar-refractivity contribution >= 4 is 22.8 Å². The van der Waals surface area contributed by atoms with Crippen molar-refractivity contribution in [1.29, 1.82) is 0 Å². The van der Waals surface area contributed by atoms with Gasteiger partial charge in [-0.2, -0.15) is 0 Å². The smallest absolute Gasteiger partial charge is 0.339 e. The normalized spacial score (nSPS) is 13.0. The molecule has 1 amide bonds. The summed E-state index contributed by atoms with van der Waals surface area (Å²) in [5.41, 5.74) is 2.54. The van der Waals surface area contributed by atoms with Crippen LogP contribution in [0.3, 0.4) is 0 Å². The molecule has 28 heavy (non-hydrogen) atoms. The summed E-state index contributed by atoms with van der Waals surface area (Å²) in [6.07, 6.45) is 3.26. The van der Waals surface area contributed by atoms with Crippen molar-refractivity contribution in [3.05, 3.63) is 60.4 Å². The first-order valence-corrected chi connectivity index (χ1v) is 9.31. The van der Waals surface area contributed by atoms with E-state index in [0.29, 0.717) is 22.2 Å². The van der Waals surface area contributed by atoms with E-state index >= 15 is 0 Å². The fraction of sp³-hybridized carbons (Fsp3) is 0.273. The SMILES string of the molecule is CCC(C)NC(=O)C(C)OC(=O)c1cc(-c2ccncc2)nc2ccccc12. The molecular formula is C22H23N3O3. The molecule has 2 unspecified atom stereocenters.